The molecule has 0 fully saturated rings. The van der Waals surface area contributed by atoms with Crippen molar-refractivity contribution in [1.29, 1.82) is 0 Å². The van der Waals surface area contributed by atoms with Gasteiger partial charge in [-0.25, -0.2) is 9.69 Å². The summed E-state index contributed by atoms with van der Waals surface area (Å²) < 4.78 is 16.7. The van der Waals surface area contributed by atoms with E-state index >= 15 is 0 Å². The highest BCUT2D eigenvalue weighted by atomic mass is 35.5. The van der Waals surface area contributed by atoms with Crippen LogP contribution in [0.2, 0.25) is 10.0 Å². The normalized spacial score (nSPS) is 14.2. The summed E-state index contributed by atoms with van der Waals surface area (Å²) in [5.74, 6) is 1.22. The maximum Gasteiger partial charge on any atom is 0.422 e. The van der Waals surface area contributed by atoms with Crippen molar-refractivity contribution in [2.75, 3.05) is 12.0 Å². The number of ether oxygens (including phenoxy) is 3. The standard InChI is InChI=1S/C27H23Cl2NO5/c1-27(2,3)35-26(32)30-23-15-18(29)5-11-21(23)22(25(30)31)14-16-13-17(28)6-12-24(16)34-20-9-7-19(33-4)8-10-20/h5-15H,1-4H3. The first-order chi connectivity index (χ1) is 16.6. The van der Waals surface area contributed by atoms with Crippen LogP contribution in [0.25, 0.3) is 11.6 Å². The van der Waals surface area contributed by atoms with Crippen LogP contribution >= 0.6 is 23.2 Å². The molecular formula is C27H23Cl2NO5. The number of halogens is 2. The predicted octanol–water partition coefficient (Wildman–Crippen LogP) is 7.62. The second-order valence-corrected chi connectivity index (χ2v) is 9.67. The lowest BCUT2D eigenvalue weighted by atomic mass is 10.0. The number of nitrogens with zero attached hydrogens (tertiary/aromatic N) is 1. The van der Waals surface area contributed by atoms with Crippen LogP contribution in [-0.2, 0) is 9.53 Å². The minimum Gasteiger partial charge on any atom is -0.497 e. The molecule has 3 aromatic carbocycles. The molecule has 6 nitrogen and oxygen atoms in total. The van der Waals surface area contributed by atoms with Crippen LogP contribution in [0.4, 0.5) is 10.5 Å². The number of amides is 2. The number of imide groups is 1. The first-order valence-corrected chi connectivity index (χ1v) is 11.5. The molecule has 8 heteroatoms. The molecular weight excluding hydrogens is 489 g/mol. The molecule has 180 valence electrons. The van der Waals surface area contributed by atoms with Gasteiger partial charge in [-0.15, -0.1) is 0 Å². The van der Waals surface area contributed by atoms with Gasteiger partial charge >= 0.3 is 6.09 Å². The van der Waals surface area contributed by atoms with Crippen LogP contribution in [0.15, 0.2) is 60.7 Å². The Hall–Kier alpha value is -3.48. The minimum absolute atomic E-state index is 0.282. The van der Waals surface area contributed by atoms with Gasteiger partial charge in [0.15, 0.2) is 0 Å². The zero-order chi connectivity index (χ0) is 25.3. The van der Waals surface area contributed by atoms with E-state index in [9.17, 15) is 9.59 Å². The summed E-state index contributed by atoms with van der Waals surface area (Å²) in [5, 5.41) is 0.849. The van der Waals surface area contributed by atoms with Crippen molar-refractivity contribution in [3.63, 3.8) is 0 Å². The Labute approximate surface area is 213 Å². The summed E-state index contributed by atoms with van der Waals surface area (Å²) in [7, 11) is 1.59. The molecule has 1 heterocycles. The Kier molecular flexibility index (Phi) is 6.79. The van der Waals surface area contributed by atoms with Crippen molar-refractivity contribution in [2.24, 2.45) is 0 Å². The van der Waals surface area contributed by atoms with Gasteiger partial charge in [-0.1, -0.05) is 29.3 Å². The molecule has 0 radical (unpaired) electrons. The van der Waals surface area contributed by atoms with Crippen molar-refractivity contribution < 1.29 is 23.8 Å². The number of hydrogen-bond acceptors (Lipinski definition) is 5. The van der Waals surface area contributed by atoms with Gasteiger partial charge in [0.25, 0.3) is 5.91 Å². The van der Waals surface area contributed by atoms with Crippen molar-refractivity contribution in [2.45, 2.75) is 26.4 Å². The molecule has 0 saturated heterocycles. The average Bonchev–Trinajstić information content (AvgIpc) is 3.05. The van der Waals surface area contributed by atoms with Gasteiger partial charge < -0.3 is 14.2 Å². The maximum absolute atomic E-state index is 13.5. The highest BCUT2D eigenvalue weighted by molar-refractivity contribution is 6.42. The Bertz CT molecular complexity index is 1330. The topological polar surface area (TPSA) is 65.1 Å². The van der Waals surface area contributed by atoms with Crippen LogP contribution in [0.3, 0.4) is 0 Å². The van der Waals surface area contributed by atoms with E-state index in [0.717, 1.165) is 4.90 Å². The molecule has 0 spiro atoms. The van der Waals surface area contributed by atoms with Gasteiger partial charge in [0.2, 0.25) is 0 Å². The SMILES string of the molecule is COc1ccc(Oc2ccc(Cl)cc2C=C2C(=O)N(C(=O)OC(C)(C)C)c3cc(Cl)ccc32)cc1. The van der Waals surface area contributed by atoms with E-state index in [4.69, 9.17) is 37.4 Å². The lowest BCUT2D eigenvalue weighted by Gasteiger charge is -2.23. The van der Waals surface area contributed by atoms with Gasteiger partial charge in [-0.3, -0.25) is 4.79 Å². The number of carbonyl (C=O) groups excluding carboxylic acids is 2. The van der Waals surface area contributed by atoms with Crippen LogP contribution < -0.4 is 14.4 Å². The number of carbonyl (C=O) groups is 2. The minimum atomic E-state index is -0.783. The third-order valence-electron chi connectivity index (χ3n) is 5.06. The summed E-state index contributed by atoms with van der Waals surface area (Å²) in [6.45, 7) is 5.20. The van der Waals surface area contributed by atoms with Gasteiger partial charge in [-0.2, -0.15) is 0 Å². The molecule has 3 aromatic rings. The number of methoxy groups -OCH3 is 1. The van der Waals surface area contributed by atoms with Crippen LogP contribution in [0.5, 0.6) is 17.2 Å². The van der Waals surface area contributed by atoms with Gasteiger partial charge in [0, 0.05) is 21.2 Å². The second kappa shape index (κ2) is 9.64. The molecule has 0 saturated carbocycles. The number of hydrogen-bond donors (Lipinski definition) is 0. The molecule has 0 unspecified atom stereocenters. The highest BCUT2D eigenvalue weighted by Crippen LogP contribution is 2.41. The molecule has 1 aliphatic heterocycles. The summed E-state index contributed by atoms with van der Waals surface area (Å²) in [6.07, 6.45) is 0.861. The van der Waals surface area contributed by atoms with Crippen LogP contribution in [0, 0.1) is 0 Å². The van der Waals surface area contributed by atoms with E-state index in [2.05, 4.69) is 0 Å². The summed E-state index contributed by atoms with van der Waals surface area (Å²) in [4.78, 5) is 27.4. The zero-order valence-corrected chi connectivity index (χ0v) is 21.1. The van der Waals surface area contributed by atoms with Gasteiger partial charge in [0.05, 0.1) is 18.4 Å². The zero-order valence-electron chi connectivity index (χ0n) is 19.6. The quantitative estimate of drug-likeness (QED) is 0.337. The Morgan fingerprint density at radius 2 is 1.54 bits per heavy atom. The van der Waals surface area contributed by atoms with Crippen molar-refractivity contribution in [1.82, 2.24) is 0 Å². The molecule has 2 amide bonds. The number of anilines is 1. The lowest BCUT2D eigenvalue weighted by Crippen LogP contribution is -2.38. The average molecular weight is 512 g/mol. The molecule has 1 aliphatic rings. The fraction of sp³-hybridized carbons (Fsp3) is 0.185. The fourth-order valence-electron chi connectivity index (χ4n) is 3.54. The van der Waals surface area contributed by atoms with Gasteiger partial charge in [0.1, 0.15) is 22.8 Å². The summed E-state index contributed by atoms with van der Waals surface area (Å²) in [5.41, 5.74) is 0.950. The third kappa shape index (κ3) is 5.45. The molecule has 0 N–H and O–H groups in total. The number of benzene rings is 3. The third-order valence-corrected chi connectivity index (χ3v) is 5.53. The maximum atomic E-state index is 13.5. The molecule has 0 atom stereocenters. The fourth-order valence-corrected chi connectivity index (χ4v) is 3.89. The van der Waals surface area contributed by atoms with E-state index < -0.39 is 17.6 Å². The summed E-state index contributed by atoms with van der Waals surface area (Å²) >= 11 is 12.4. The van der Waals surface area contributed by atoms with E-state index in [1.54, 1.807) is 94.6 Å². The van der Waals surface area contributed by atoms with Crippen molar-refractivity contribution in [3.8, 4) is 17.2 Å². The van der Waals surface area contributed by atoms with E-state index in [0.29, 0.717) is 44.1 Å². The molecule has 35 heavy (non-hydrogen) atoms. The Balaban J connectivity index is 1.77. The Morgan fingerprint density at radius 1 is 0.914 bits per heavy atom. The van der Waals surface area contributed by atoms with E-state index in [-0.39, 0.29) is 5.57 Å². The Morgan fingerprint density at radius 3 is 2.20 bits per heavy atom. The lowest BCUT2D eigenvalue weighted by molar-refractivity contribution is -0.112. The molecule has 4 rings (SSSR count). The number of rotatable bonds is 4. The predicted molar refractivity (Wildman–Crippen MR) is 138 cm³/mol. The van der Waals surface area contributed by atoms with E-state index in [1.165, 1.54) is 0 Å². The second-order valence-electron chi connectivity index (χ2n) is 8.80. The van der Waals surface area contributed by atoms with Crippen molar-refractivity contribution >= 4 is 52.5 Å². The van der Waals surface area contributed by atoms with Crippen molar-refractivity contribution in [3.05, 3.63) is 81.8 Å². The largest absolute Gasteiger partial charge is 0.497 e. The van der Waals surface area contributed by atoms with Gasteiger partial charge in [-0.05, 0) is 81.4 Å². The molecule has 0 aromatic heterocycles. The van der Waals surface area contributed by atoms with Crippen LogP contribution in [-0.4, -0.2) is 24.7 Å². The van der Waals surface area contributed by atoms with Crippen LogP contribution in [0.1, 0.15) is 31.9 Å². The molecule has 0 bridgehead atoms. The van der Waals surface area contributed by atoms with E-state index in [1.807, 2.05) is 0 Å². The molecule has 0 aliphatic carbocycles. The first-order valence-electron chi connectivity index (χ1n) is 10.8. The number of fused-ring (bicyclic) bond motifs is 1. The first kappa shape index (κ1) is 24.6. The smallest absolute Gasteiger partial charge is 0.422 e. The monoisotopic (exact) mass is 511 g/mol. The summed E-state index contributed by atoms with van der Waals surface area (Å²) in [6, 6.07) is 17.1. The highest BCUT2D eigenvalue weighted by Gasteiger charge is 2.39.